The number of carbonyl (C=O) groups is 1. The largest absolute Gasteiger partial charge is 0.506 e. The maximum absolute atomic E-state index is 12.1. The minimum absolute atomic E-state index is 0.0888. The number of rotatable bonds is 2. The van der Waals surface area contributed by atoms with Gasteiger partial charge >= 0.3 is 0 Å². The molecule has 1 heterocycles. The third kappa shape index (κ3) is 3.53. The molecule has 0 amide bonds. The molecule has 1 aliphatic rings. The first-order valence-corrected chi connectivity index (χ1v) is 8.88. The average Bonchev–Trinajstić information content (AvgIpc) is 2.39. The molecule has 0 radical (unpaired) electrons. The van der Waals surface area contributed by atoms with Gasteiger partial charge in [-0.05, 0) is 40.6 Å². The van der Waals surface area contributed by atoms with E-state index in [2.05, 4.69) is 31.9 Å². The number of allylic oxidation sites excluding steroid dienone is 1. The van der Waals surface area contributed by atoms with E-state index in [4.69, 9.17) is 12.2 Å². The molecule has 1 N–H and O–H groups in total. The number of benzene rings is 1. The van der Waals surface area contributed by atoms with Crippen LogP contribution in [0.4, 0.5) is 0 Å². The fourth-order valence-electron chi connectivity index (χ4n) is 1.91. The molecule has 1 saturated heterocycles. The third-order valence-electron chi connectivity index (χ3n) is 3.09. The highest BCUT2D eigenvalue weighted by Crippen LogP contribution is 2.38. The van der Waals surface area contributed by atoms with Gasteiger partial charge < -0.3 is 5.11 Å². The van der Waals surface area contributed by atoms with Crippen LogP contribution in [-0.4, -0.2) is 15.1 Å². The number of halogens is 2. The molecule has 0 aromatic heterocycles. The number of thioether (sulfide) groups is 1. The Balaban J connectivity index is 2.37. The second kappa shape index (κ2) is 6.73. The smallest absolute Gasteiger partial charge is 0.170 e. The summed E-state index contributed by atoms with van der Waals surface area (Å²) in [4.78, 5) is 12.7. The van der Waals surface area contributed by atoms with Crippen LogP contribution in [0.1, 0.15) is 25.3 Å². The highest BCUT2D eigenvalue weighted by atomic mass is 79.9. The van der Waals surface area contributed by atoms with E-state index in [0.29, 0.717) is 21.4 Å². The van der Waals surface area contributed by atoms with E-state index in [1.807, 2.05) is 6.92 Å². The number of aromatic hydroxyl groups is 1. The number of Topliss-reactive ketones (excluding diaryl/α,β-unsaturated/α-hetero) is 1. The number of phenolic OH excluding ortho intramolecular Hbond substituents is 1. The van der Waals surface area contributed by atoms with Gasteiger partial charge in [0.1, 0.15) is 5.75 Å². The molecule has 106 valence electrons. The van der Waals surface area contributed by atoms with E-state index in [0.717, 1.165) is 15.1 Å². The predicted molar refractivity (Wildman–Crippen MR) is 95.1 cm³/mol. The number of carbonyl (C=O) groups excluding carboxylic acids is 1. The van der Waals surface area contributed by atoms with Crippen LogP contribution < -0.4 is 0 Å². The fourth-order valence-corrected chi connectivity index (χ4v) is 4.71. The lowest BCUT2D eigenvalue weighted by molar-refractivity contribution is -0.115. The Morgan fingerprint density at radius 2 is 2.20 bits per heavy atom. The lowest BCUT2D eigenvalue weighted by Gasteiger charge is -2.22. The van der Waals surface area contributed by atoms with E-state index in [1.54, 1.807) is 18.2 Å². The molecule has 0 bridgehead atoms. The standard InChI is InChI=1S/C14H12Br2O2S2/c1-2-7-4-11(17)12(20-14(7)19)5-8-3-9(15)6-10(16)13(8)18/h3,5-7,18H,2,4H2,1H3/b12-5-. The highest BCUT2D eigenvalue weighted by Gasteiger charge is 2.27. The van der Waals surface area contributed by atoms with Gasteiger partial charge in [0.05, 0.1) is 13.6 Å². The van der Waals surface area contributed by atoms with Gasteiger partial charge in [0.2, 0.25) is 0 Å². The summed E-state index contributed by atoms with van der Waals surface area (Å²) in [6.07, 6.45) is 3.05. The first-order chi connectivity index (χ1) is 9.42. The Kier molecular flexibility index (Phi) is 5.45. The van der Waals surface area contributed by atoms with Crippen LogP contribution in [0.25, 0.3) is 6.08 Å². The molecule has 1 fully saturated rings. The molecular weight excluding hydrogens is 424 g/mol. The lowest BCUT2D eigenvalue weighted by atomic mass is 10.00. The second-order valence-corrected chi connectivity index (χ2v) is 8.04. The third-order valence-corrected chi connectivity index (χ3v) is 5.83. The van der Waals surface area contributed by atoms with Crippen molar-refractivity contribution in [3.05, 3.63) is 31.5 Å². The van der Waals surface area contributed by atoms with Gasteiger partial charge in [-0.2, -0.15) is 0 Å². The van der Waals surface area contributed by atoms with Crippen LogP contribution in [0.15, 0.2) is 26.0 Å². The van der Waals surface area contributed by atoms with Crippen molar-refractivity contribution in [3.8, 4) is 5.75 Å². The Morgan fingerprint density at radius 3 is 2.85 bits per heavy atom. The highest BCUT2D eigenvalue weighted by molar-refractivity contribution is 9.11. The number of ketones is 1. The molecule has 1 aromatic rings. The molecule has 1 atom stereocenters. The molecule has 2 rings (SSSR count). The summed E-state index contributed by atoms with van der Waals surface area (Å²) in [5.41, 5.74) is 0.597. The number of phenols is 1. The minimum Gasteiger partial charge on any atom is -0.506 e. The molecule has 0 aliphatic carbocycles. The van der Waals surface area contributed by atoms with Crippen molar-refractivity contribution in [2.45, 2.75) is 19.8 Å². The van der Waals surface area contributed by atoms with Crippen LogP contribution in [-0.2, 0) is 4.79 Å². The van der Waals surface area contributed by atoms with Gasteiger partial charge in [-0.15, -0.1) is 0 Å². The molecular formula is C14H12Br2O2S2. The van der Waals surface area contributed by atoms with Crippen LogP contribution in [0, 0.1) is 5.92 Å². The van der Waals surface area contributed by atoms with Crippen LogP contribution >= 0.6 is 55.8 Å². The van der Waals surface area contributed by atoms with E-state index >= 15 is 0 Å². The number of thiocarbonyl (C=S) groups is 1. The van der Waals surface area contributed by atoms with Gasteiger partial charge in [-0.25, -0.2) is 0 Å². The van der Waals surface area contributed by atoms with Crippen LogP contribution in [0.2, 0.25) is 0 Å². The van der Waals surface area contributed by atoms with Crippen molar-refractivity contribution in [1.82, 2.24) is 0 Å². The van der Waals surface area contributed by atoms with E-state index in [1.165, 1.54) is 11.8 Å². The summed E-state index contributed by atoms with van der Waals surface area (Å²) in [5.74, 6) is 0.395. The second-order valence-electron chi connectivity index (χ2n) is 4.49. The van der Waals surface area contributed by atoms with Gasteiger partial charge in [-0.3, -0.25) is 4.79 Å². The Labute approximate surface area is 144 Å². The van der Waals surface area contributed by atoms with E-state index < -0.39 is 0 Å². The molecule has 0 saturated carbocycles. The van der Waals surface area contributed by atoms with Crippen molar-refractivity contribution >= 4 is 71.9 Å². The van der Waals surface area contributed by atoms with Crippen molar-refractivity contribution in [2.75, 3.05) is 0 Å². The van der Waals surface area contributed by atoms with Gasteiger partial charge in [-0.1, -0.05) is 46.8 Å². The van der Waals surface area contributed by atoms with Gasteiger partial charge in [0.15, 0.2) is 5.78 Å². The maximum atomic E-state index is 12.1. The molecule has 1 aliphatic heterocycles. The van der Waals surface area contributed by atoms with Crippen molar-refractivity contribution < 1.29 is 9.90 Å². The van der Waals surface area contributed by atoms with E-state index in [9.17, 15) is 9.90 Å². The Morgan fingerprint density at radius 1 is 1.50 bits per heavy atom. The zero-order valence-electron chi connectivity index (χ0n) is 10.7. The molecule has 1 unspecified atom stereocenters. The molecule has 6 heteroatoms. The Hall–Kier alpha value is -0.170. The quantitative estimate of drug-likeness (QED) is 0.503. The van der Waals surface area contributed by atoms with Gasteiger partial charge in [0, 0.05) is 22.4 Å². The summed E-state index contributed by atoms with van der Waals surface area (Å²) in [6, 6.07) is 3.53. The lowest BCUT2D eigenvalue weighted by Crippen LogP contribution is -2.20. The van der Waals surface area contributed by atoms with Crippen LogP contribution in [0.3, 0.4) is 0 Å². The van der Waals surface area contributed by atoms with E-state index in [-0.39, 0.29) is 17.5 Å². The van der Waals surface area contributed by atoms with Crippen molar-refractivity contribution in [3.63, 3.8) is 0 Å². The molecule has 1 aromatic carbocycles. The number of hydrogen-bond donors (Lipinski definition) is 1. The first kappa shape index (κ1) is 16.2. The molecule has 20 heavy (non-hydrogen) atoms. The topological polar surface area (TPSA) is 37.3 Å². The van der Waals surface area contributed by atoms with Crippen molar-refractivity contribution in [1.29, 1.82) is 0 Å². The van der Waals surface area contributed by atoms with Crippen LogP contribution in [0.5, 0.6) is 5.75 Å². The number of hydrogen-bond acceptors (Lipinski definition) is 4. The summed E-state index contributed by atoms with van der Waals surface area (Å²) in [7, 11) is 0. The van der Waals surface area contributed by atoms with Crippen molar-refractivity contribution in [2.24, 2.45) is 5.92 Å². The first-order valence-electron chi connectivity index (χ1n) is 6.07. The Bertz CT molecular complexity index is 611. The minimum atomic E-state index is 0.0888. The predicted octanol–water partition coefficient (Wildman–Crippen LogP) is 5.32. The SMILES string of the molecule is CCC1CC(=O)/C(=C/c2cc(Br)cc(Br)c2O)SC1=S. The normalized spacial score (nSPS) is 21.6. The zero-order chi connectivity index (χ0) is 14.9. The summed E-state index contributed by atoms with van der Waals surface area (Å²) >= 11 is 13.3. The maximum Gasteiger partial charge on any atom is 0.170 e. The van der Waals surface area contributed by atoms with Gasteiger partial charge in [0.25, 0.3) is 0 Å². The average molecular weight is 436 g/mol. The zero-order valence-corrected chi connectivity index (χ0v) is 15.5. The fraction of sp³-hybridized carbons (Fsp3) is 0.286. The summed E-state index contributed by atoms with van der Waals surface area (Å²) in [5, 5.41) is 10.0. The molecule has 0 spiro atoms. The molecule has 2 nitrogen and oxygen atoms in total. The summed E-state index contributed by atoms with van der Waals surface area (Å²) in [6.45, 7) is 2.04. The monoisotopic (exact) mass is 434 g/mol. The summed E-state index contributed by atoms with van der Waals surface area (Å²) < 4.78 is 2.27.